The SMILES string of the molecule is Cc1cnc([C@H]2CN(C(=O)CC3CCCCC3)CCO2)[nH]1. The number of nitrogens with zero attached hydrogens (tertiary/aromatic N) is 2. The quantitative estimate of drug-likeness (QED) is 0.931. The minimum atomic E-state index is -0.109. The Hall–Kier alpha value is -1.36. The van der Waals surface area contributed by atoms with Gasteiger partial charge in [-0.25, -0.2) is 4.98 Å². The predicted molar refractivity (Wildman–Crippen MR) is 79.8 cm³/mol. The van der Waals surface area contributed by atoms with Crippen LogP contribution in [0, 0.1) is 12.8 Å². The van der Waals surface area contributed by atoms with Gasteiger partial charge in [-0.3, -0.25) is 4.79 Å². The molecule has 5 nitrogen and oxygen atoms in total. The molecule has 1 atom stereocenters. The average Bonchev–Trinajstić information content (AvgIpc) is 2.95. The Labute approximate surface area is 126 Å². The number of ether oxygens (including phenoxy) is 1. The molecule has 1 aliphatic carbocycles. The van der Waals surface area contributed by atoms with Gasteiger partial charge in [0.05, 0.1) is 13.2 Å². The second kappa shape index (κ2) is 6.60. The van der Waals surface area contributed by atoms with E-state index in [-0.39, 0.29) is 6.10 Å². The summed E-state index contributed by atoms with van der Waals surface area (Å²) in [6, 6.07) is 0. The summed E-state index contributed by atoms with van der Waals surface area (Å²) in [4.78, 5) is 22.0. The third kappa shape index (κ3) is 3.64. The number of nitrogens with one attached hydrogen (secondary N) is 1. The van der Waals surface area contributed by atoms with Crippen LogP contribution in [0.1, 0.15) is 56.1 Å². The lowest BCUT2D eigenvalue weighted by atomic mass is 9.86. The zero-order valence-electron chi connectivity index (χ0n) is 12.8. The summed E-state index contributed by atoms with van der Waals surface area (Å²) in [7, 11) is 0. The number of amides is 1. The number of rotatable bonds is 3. The molecule has 1 N–H and O–H groups in total. The molecule has 0 aromatic carbocycles. The van der Waals surface area contributed by atoms with Gasteiger partial charge in [0.15, 0.2) is 0 Å². The summed E-state index contributed by atoms with van der Waals surface area (Å²) in [6.07, 6.45) is 8.76. The van der Waals surface area contributed by atoms with E-state index in [0.717, 1.165) is 11.5 Å². The first-order valence-electron chi connectivity index (χ1n) is 8.13. The fraction of sp³-hybridized carbons (Fsp3) is 0.750. The maximum absolute atomic E-state index is 12.5. The van der Waals surface area contributed by atoms with Crippen molar-refractivity contribution in [2.24, 2.45) is 5.92 Å². The van der Waals surface area contributed by atoms with Crippen molar-refractivity contribution in [3.05, 3.63) is 17.7 Å². The van der Waals surface area contributed by atoms with Crippen molar-refractivity contribution >= 4 is 5.91 Å². The predicted octanol–water partition coefficient (Wildman–Crippen LogP) is 2.59. The fourth-order valence-corrected chi connectivity index (χ4v) is 3.41. The summed E-state index contributed by atoms with van der Waals surface area (Å²) in [5.74, 6) is 1.72. The van der Waals surface area contributed by atoms with Gasteiger partial charge in [0.2, 0.25) is 5.91 Å². The van der Waals surface area contributed by atoms with Crippen LogP contribution in [0.4, 0.5) is 0 Å². The van der Waals surface area contributed by atoms with Crippen molar-refractivity contribution in [3.63, 3.8) is 0 Å². The van der Waals surface area contributed by atoms with Gasteiger partial charge >= 0.3 is 0 Å². The second-order valence-corrected chi connectivity index (χ2v) is 6.36. The normalized spacial score (nSPS) is 24.2. The summed E-state index contributed by atoms with van der Waals surface area (Å²) < 4.78 is 5.76. The van der Waals surface area contributed by atoms with E-state index in [2.05, 4.69) is 9.97 Å². The lowest BCUT2D eigenvalue weighted by Crippen LogP contribution is -2.43. The molecule has 1 saturated heterocycles. The Balaban J connectivity index is 1.56. The van der Waals surface area contributed by atoms with E-state index in [1.165, 1.54) is 32.1 Å². The summed E-state index contributed by atoms with van der Waals surface area (Å²) in [5.41, 5.74) is 1.03. The Morgan fingerprint density at radius 2 is 2.24 bits per heavy atom. The fourth-order valence-electron chi connectivity index (χ4n) is 3.41. The van der Waals surface area contributed by atoms with E-state index >= 15 is 0 Å². The van der Waals surface area contributed by atoms with Crippen LogP contribution in [0.2, 0.25) is 0 Å². The van der Waals surface area contributed by atoms with Crippen LogP contribution in [-0.2, 0) is 9.53 Å². The van der Waals surface area contributed by atoms with Gasteiger partial charge in [0.1, 0.15) is 11.9 Å². The third-order valence-electron chi connectivity index (χ3n) is 4.63. The van der Waals surface area contributed by atoms with Gasteiger partial charge in [-0.15, -0.1) is 0 Å². The maximum Gasteiger partial charge on any atom is 0.223 e. The largest absolute Gasteiger partial charge is 0.367 e. The van der Waals surface area contributed by atoms with Crippen molar-refractivity contribution in [3.8, 4) is 0 Å². The molecule has 5 heteroatoms. The molecule has 0 radical (unpaired) electrons. The highest BCUT2D eigenvalue weighted by molar-refractivity contribution is 5.76. The van der Waals surface area contributed by atoms with E-state index < -0.39 is 0 Å². The molecule has 2 heterocycles. The van der Waals surface area contributed by atoms with Crippen LogP contribution in [0.3, 0.4) is 0 Å². The van der Waals surface area contributed by atoms with Crippen LogP contribution < -0.4 is 0 Å². The van der Waals surface area contributed by atoms with Gasteiger partial charge in [0.25, 0.3) is 0 Å². The Morgan fingerprint density at radius 3 is 2.95 bits per heavy atom. The number of hydrogen-bond acceptors (Lipinski definition) is 3. The van der Waals surface area contributed by atoms with E-state index in [0.29, 0.717) is 37.9 Å². The molecule has 2 fully saturated rings. The molecule has 0 bridgehead atoms. The number of imidazole rings is 1. The standard InChI is InChI=1S/C16H25N3O2/c1-12-10-17-16(18-12)14-11-19(7-8-21-14)15(20)9-13-5-3-2-4-6-13/h10,13-14H,2-9,11H2,1H3,(H,17,18)/t14-/m1/s1. The molecule has 116 valence electrons. The first-order chi connectivity index (χ1) is 10.2. The van der Waals surface area contributed by atoms with Gasteiger partial charge < -0.3 is 14.6 Å². The van der Waals surface area contributed by atoms with Crippen molar-refractivity contribution < 1.29 is 9.53 Å². The lowest BCUT2D eigenvalue weighted by Gasteiger charge is -2.33. The first kappa shape index (κ1) is 14.6. The molecule has 1 amide bonds. The Kier molecular flexibility index (Phi) is 4.58. The molecule has 1 saturated carbocycles. The molecule has 0 spiro atoms. The Bertz CT molecular complexity index is 480. The molecule has 21 heavy (non-hydrogen) atoms. The van der Waals surface area contributed by atoms with Crippen molar-refractivity contribution in [2.45, 2.75) is 51.6 Å². The zero-order valence-corrected chi connectivity index (χ0v) is 12.8. The number of aromatic nitrogens is 2. The Morgan fingerprint density at radius 1 is 1.43 bits per heavy atom. The van der Waals surface area contributed by atoms with Crippen LogP contribution in [0.25, 0.3) is 0 Å². The number of hydrogen-bond donors (Lipinski definition) is 1. The van der Waals surface area contributed by atoms with Crippen LogP contribution in [0.5, 0.6) is 0 Å². The molecule has 0 unspecified atom stereocenters. The van der Waals surface area contributed by atoms with Gasteiger partial charge in [-0.1, -0.05) is 19.3 Å². The number of aryl methyl sites for hydroxylation is 1. The van der Waals surface area contributed by atoms with E-state index in [1.54, 1.807) is 0 Å². The van der Waals surface area contributed by atoms with Crippen LogP contribution in [-0.4, -0.2) is 40.5 Å². The molecule has 2 aliphatic rings. The van der Waals surface area contributed by atoms with Gasteiger partial charge in [-0.2, -0.15) is 0 Å². The maximum atomic E-state index is 12.5. The number of carbonyl (C=O) groups is 1. The second-order valence-electron chi connectivity index (χ2n) is 6.36. The minimum absolute atomic E-state index is 0.109. The smallest absolute Gasteiger partial charge is 0.223 e. The number of aromatic amines is 1. The zero-order chi connectivity index (χ0) is 14.7. The first-order valence-corrected chi connectivity index (χ1v) is 8.13. The van der Waals surface area contributed by atoms with Gasteiger partial charge in [-0.05, 0) is 25.7 Å². The summed E-state index contributed by atoms with van der Waals surface area (Å²) >= 11 is 0. The summed E-state index contributed by atoms with van der Waals surface area (Å²) in [5, 5.41) is 0. The highest BCUT2D eigenvalue weighted by atomic mass is 16.5. The van der Waals surface area contributed by atoms with E-state index in [1.807, 2.05) is 18.0 Å². The van der Waals surface area contributed by atoms with Crippen LogP contribution in [0.15, 0.2) is 6.20 Å². The third-order valence-corrected chi connectivity index (χ3v) is 4.63. The monoisotopic (exact) mass is 291 g/mol. The molecule has 1 aromatic rings. The molecule has 1 aromatic heterocycles. The molecular formula is C16H25N3O2. The number of H-pyrrole nitrogens is 1. The van der Waals surface area contributed by atoms with Crippen molar-refractivity contribution in [2.75, 3.05) is 19.7 Å². The minimum Gasteiger partial charge on any atom is -0.367 e. The van der Waals surface area contributed by atoms with Crippen molar-refractivity contribution in [1.82, 2.24) is 14.9 Å². The number of carbonyl (C=O) groups excluding carboxylic acids is 1. The number of morpholine rings is 1. The molecule has 1 aliphatic heterocycles. The van der Waals surface area contributed by atoms with E-state index in [9.17, 15) is 4.79 Å². The summed E-state index contributed by atoms with van der Waals surface area (Å²) in [6.45, 7) is 3.91. The van der Waals surface area contributed by atoms with Gasteiger partial charge in [0, 0.05) is 24.9 Å². The average molecular weight is 291 g/mol. The van der Waals surface area contributed by atoms with Crippen LogP contribution >= 0.6 is 0 Å². The van der Waals surface area contributed by atoms with E-state index in [4.69, 9.17) is 4.74 Å². The topological polar surface area (TPSA) is 58.2 Å². The van der Waals surface area contributed by atoms with Crippen molar-refractivity contribution in [1.29, 1.82) is 0 Å². The molecule has 3 rings (SSSR count). The molecular weight excluding hydrogens is 266 g/mol. The lowest BCUT2D eigenvalue weighted by molar-refractivity contribution is -0.140. The highest BCUT2D eigenvalue weighted by Crippen LogP contribution is 2.28. The highest BCUT2D eigenvalue weighted by Gasteiger charge is 2.28.